The lowest BCUT2D eigenvalue weighted by atomic mass is 9.99. The van der Waals surface area contributed by atoms with Crippen molar-refractivity contribution in [2.24, 2.45) is 0 Å². The van der Waals surface area contributed by atoms with Crippen LogP contribution in [0.2, 0.25) is 0 Å². The molecule has 0 aliphatic heterocycles. The number of alkyl carbamates (subject to hydrolysis) is 1. The van der Waals surface area contributed by atoms with Gasteiger partial charge in [-0.25, -0.2) is 4.79 Å². The Labute approximate surface area is 236 Å². The van der Waals surface area contributed by atoms with E-state index >= 15 is 0 Å². The molecule has 3 aromatic rings. The number of nitrogens with zero attached hydrogens (tertiary/aromatic N) is 1. The van der Waals surface area contributed by atoms with Crippen LogP contribution in [0.1, 0.15) is 56.0 Å². The van der Waals surface area contributed by atoms with E-state index in [2.05, 4.69) is 10.6 Å². The summed E-state index contributed by atoms with van der Waals surface area (Å²) in [7, 11) is 0. The van der Waals surface area contributed by atoms with Crippen LogP contribution in [0.4, 0.5) is 10.5 Å². The molecule has 3 N–H and O–H groups in total. The molecule has 40 heavy (non-hydrogen) atoms. The minimum Gasteiger partial charge on any atom is -0.508 e. The summed E-state index contributed by atoms with van der Waals surface area (Å²) in [6.07, 6.45) is -0.605. The molecule has 0 radical (unpaired) electrons. The van der Waals surface area contributed by atoms with Gasteiger partial charge in [0.25, 0.3) is 5.91 Å². The third-order valence-electron chi connectivity index (χ3n) is 6.35. The van der Waals surface area contributed by atoms with Crippen LogP contribution in [-0.4, -0.2) is 46.1 Å². The van der Waals surface area contributed by atoms with Crippen LogP contribution in [0.25, 0.3) is 0 Å². The highest BCUT2D eigenvalue weighted by Gasteiger charge is 2.35. The molecule has 0 spiro atoms. The van der Waals surface area contributed by atoms with Crippen molar-refractivity contribution in [1.82, 2.24) is 10.2 Å². The number of para-hydroxylation sites is 1. The van der Waals surface area contributed by atoms with E-state index in [0.29, 0.717) is 11.3 Å². The molecule has 0 aromatic heterocycles. The van der Waals surface area contributed by atoms with Crippen LogP contribution < -0.4 is 10.6 Å². The summed E-state index contributed by atoms with van der Waals surface area (Å²) in [6.45, 7) is 11.1. The summed E-state index contributed by atoms with van der Waals surface area (Å²) in [4.78, 5) is 42.3. The van der Waals surface area contributed by atoms with Crippen molar-refractivity contribution in [3.63, 3.8) is 0 Å². The van der Waals surface area contributed by atoms with Crippen molar-refractivity contribution < 1.29 is 24.2 Å². The number of phenols is 1. The number of nitrogens with one attached hydrogen (secondary N) is 2. The van der Waals surface area contributed by atoms with Crippen LogP contribution in [-0.2, 0) is 20.7 Å². The van der Waals surface area contributed by atoms with Crippen molar-refractivity contribution in [2.75, 3.05) is 11.9 Å². The standard InChI is InChI=1S/C32H39N3O5/c1-7-35(28(24-16-12-21(2)13-17-24)29(37)33-26-11-9-8-10-22(26)3)30(38)27(34-31(39)40-32(4,5)6)20-23-14-18-25(36)19-15-23/h8-19,27-28,36H,7,20H2,1-6H3,(H,33,37)(H,34,39). The van der Waals surface area contributed by atoms with Crippen molar-refractivity contribution in [1.29, 1.82) is 0 Å². The largest absolute Gasteiger partial charge is 0.508 e. The summed E-state index contributed by atoms with van der Waals surface area (Å²) in [5.74, 6) is -0.713. The molecule has 8 heteroatoms. The van der Waals surface area contributed by atoms with Crippen molar-refractivity contribution >= 4 is 23.6 Å². The number of benzene rings is 3. The lowest BCUT2D eigenvalue weighted by Gasteiger charge is -2.34. The Morgan fingerprint density at radius 2 is 1.55 bits per heavy atom. The molecule has 3 aromatic carbocycles. The molecule has 3 rings (SSSR count). The predicted octanol–water partition coefficient (Wildman–Crippen LogP) is 5.67. The molecule has 3 amide bonds. The van der Waals surface area contributed by atoms with Gasteiger partial charge in [0.15, 0.2) is 0 Å². The van der Waals surface area contributed by atoms with Crippen LogP contribution in [0.15, 0.2) is 72.8 Å². The monoisotopic (exact) mass is 545 g/mol. The third-order valence-corrected chi connectivity index (χ3v) is 6.35. The first kappa shape index (κ1) is 30.2. The normalized spacial score (nSPS) is 12.7. The van der Waals surface area contributed by atoms with Crippen LogP contribution in [0.5, 0.6) is 5.75 Å². The number of likely N-dealkylation sites (N-methyl/N-ethyl adjacent to an activating group) is 1. The van der Waals surface area contributed by atoms with E-state index in [9.17, 15) is 19.5 Å². The second-order valence-corrected chi connectivity index (χ2v) is 10.8. The zero-order valence-corrected chi connectivity index (χ0v) is 24.0. The number of rotatable bonds is 9. The van der Waals surface area contributed by atoms with E-state index in [1.807, 2.05) is 62.4 Å². The number of hydrogen-bond donors (Lipinski definition) is 3. The van der Waals surface area contributed by atoms with Gasteiger partial charge in [0.1, 0.15) is 23.4 Å². The van der Waals surface area contributed by atoms with Gasteiger partial charge in [-0.15, -0.1) is 0 Å². The Morgan fingerprint density at radius 3 is 2.12 bits per heavy atom. The molecule has 0 fully saturated rings. The smallest absolute Gasteiger partial charge is 0.408 e. The maximum Gasteiger partial charge on any atom is 0.408 e. The average Bonchev–Trinajstić information content (AvgIpc) is 2.88. The molecule has 2 unspecified atom stereocenters. The molecular weight excluding hydrogens is 506 g/mol. The molecule has 0 aliphatic carbocycles. The lowest BCUT2D eigenvalue weighted by molar-refractivity contribution is -0.140. The number of carbonyl (C=O) groups excluding carboxylic acids is 3. The Kier molecular flexibility index (Phi) is 9.93. The predicted molar refractivity (Wildman–Crippen MR) is 156 cm³/mol. The van der Waals surface area contributed by atoms with E-state index in [-0.39, 0.29) is 24.6 Å². The van der Waals surface area contributed by atoms with Gasteiger partial charge in [0, 0.05) is 18.7 Å². The number of anilines is 1. The van der Waals surface area contributed by atoms with Crippen LogP contribution >= 0.6 is 0 Å². The highest BCUT2D eigenvalue weighted by Crippen LogP contribution is 2.26. The summed E-state index contributed by atoms with van der Waals surface area (Å²) in [6, 6.07) is 19.3. The summed E-state index contributed by atoms with van der Waals surface area (Å²) < 4.78 is 5.45. The maximum absolute atomic E-state index is 14.2. The number of hydrogen-bond acceptors (Lipinski definition) is 5. The van der Waals surface area contributed by atoms with Gasteiger partial charge >= 0.3 is 6.09 Å². The Hall–Kier alpha value is -4.33. The first-order valence-corrected chi connectivity index (χ1v) is 13.4. The number of carbonyl (C=O) groups is 3. The minimum atomic E-state index is -1.03. The number of phenolic OH excluding ortho intramolecular Hbond substituents is 1. The molecule has 2 atom stereocenters. The van der Waals surface area contributed by atoms with Gasteiger partial charge in [-0.3, -0.25) is 9.59 Å². The van der Waals surface area contributed by atoms with E-state index in [4.69, 9.17) is 4.74 Å². The van der Waals surface area contributed by atoms with E-state index in [1.165, 1.54) is 17.0 Å². The zero-order chi connectivity index (χ0) is 29.4. The highest BCUT2D eigenvalue weighted by molar-refractivity contribution is 5.99. The van der Waals surface area contributed by atoms with Crippen molar-refractivity contribution in [3.05, 3.63) is 95.1 Å². The van der Waals surface area contributed by atoms with Crippen molar-refractivity contribution in [3.8, 4) is 5.75 Å². The summed E-state index contributed by atoms with van der Waals surface area (Å²) >= 11 is 0. The maximum atomic E-state index is 14.2. The summed E-state index contributed by atoms with van der Waals surface area (Å²) in [5, 5.41) is 15.4. The van der Waals surface area contributed by atoms with Crippen LogP contribution in [0.3, 0.4) is 0 Å². The van der Waals surface area contributed by atoms with Gasteiger partial charge in [0.2, 0.25) is 5.91 Å². The molecule has 212 valence electrons. The van der Waals surface area contributed by atoms with E-state index < -0.39 is 29.7 Å². The first-order chi connectivity index (χ1) is 18.9. The molecule has 8 nitrogen and oxygen atoms in total. The quantitative estimate of drug-likeness (QED) is 0.321. The second kappa shape index (κ2) is 13.2. The van der Waals surface area contributed by atoms with Gasteiger partial charge in [-0.2, -0.15) is 0 Å². The molecular formula is C32H39N3O5. The van der Waals surface area contributed by atoms with E-state index in [1.54, 1.807) is 39.8 Å². The average molecular weight is 546 g/mol. The topological polar surface area (TPSA) is 108 Å². The van der Waals surface area contributed by atoms with Gasteiger partial charge in [-0.05, 0) is 76.4 Å². The number of aryl methyl sites for hydroxylation is 2. The lowest BCUT2D eigenvalue weighted by Crippen LogP contribution is -2.53. The fourth-order valence-corrected chi connectivity index (χ4v) is 4.32. The first-order valence-electron chi connectivity index (χ1n) is 13.4. The van der Waals surface area contributed by atoms with Gasteiger partial charge in [-0.1, -0.05) is 60.2 Å². The molecule has 0 aliphatic rings. The second-order valence-electron chi connectivity index (χ2n) is 10.8. The molecule has 0 heterocycles. The van der Waals surface area contributed by atoms with Gasteiger partial charge < -0.3 is 25.4 Å². The molecule has 0 bridgehead atoms. The molecule has 0 saturated heterocycles. The highest BCUT2D eigenvalue weighted by atomic mass is 16.6. The Balaban J connectivity index is 2.00. The zero-order valence-electron chi connectivity index (χ0n) is 24.0. The minimum absolute atomic E-state index is 0.0919. The third kappa shape index (κ3) is 8.33. The Morgan fingerprint density at radius 1 is 0.925 bits per heavy atom. The fraction of sp³-hybridized carbons (Fsp3) is 0.344. The van der Waals surface area contributed by atoms with Crippen molar-refractivity contribution in [2.45, 2.75) is 65.6 Å². The van der Waals surface area contributed by atoms with Crippen LogP contribution in [0, 0.1) is 13.8 Å². The number of amides is 3. The van der Waals surface area contributed by atoms with Gasteiger partial charge in [0.05, 0.1) is 0 Å². The SMILES string of the molecule is CCN(C(=O)C(Cc1ccc(O)cc1)NC(=O)OC(C)(C)C)C(C(=O)Nc1ccccc1C)c1ccc(C)cc1. The number of aromatic hydroxyl groups is 1. The summed E-state index contributed by atoms with van der Waals surface area (Å²) in [5.41, 5.74) is 3.17. The molecule has 0 saturated carbocycles. The fourth-order valence-electron chi connectivity index (χ4n) is 4.32. The number of ether oxygens (including phenoxy) is 1. The Bertz CT molecular complexity index is 1310. The van der Waals surface area contributed by atoms with E-state index in [0.717, 1.165) is 16.7 Å².